The van der Waals surface area contributed by atoms with Crippen molar-refractivity contribution in [3.05, 3.63) is 60.1 Å². The van der Waals surface area contributed by atoms with Crippen LogP contribution in [0.1, 0.15) is 24.8 Å². The van der Waals surface area contributed by atoms with E-state index in [1.807, 2.05) is 41.4 Å². The van der Waals surface area contributed by atoms with Crippen molar-refractivity contribution >= 4 is 23.4 Å². The van der Waals surface area contributed by atoms with E-state index in [0.717, 1.165) is 30.6 Å². The Bertz CT molecular complexity index is 913. The zero-order valence-electron chi connectivity index (χ0n) is 15.4. The van der Waals surface area contributed by atoms with E-state index >= 15 is 0 Å². The van der Waals surface area contributed by atoms with Crippen LogP contribution in [0.15, 0.2) is 54.5 Å². The molecule has 3 heterocycles. The molecule has 2 aliphatic rings. The summed E-state index contributed by atoms with van der Waals surface area (Å²) in [6.45, 7) is 0.711. The molecule has 2 aromatic rings. The van der Waals surface area contributed by atoms with Crippen LogP contribution in [0, 0.1) is 5.92 Å². The lowest BCUT2D eigenvalue weighted by atomic mass is 9.81. The molecule has 7 heteroatoms. The summed E-state index contributed by atoms with van der Waals surface area (Å²) in [5.41, 5.74) is 1.31. The molecule has 0 bridgehead atoms. The van der Waals surface area contributed by atoms with Gasteiger partial charge in [-0.3, -0.25) is 9.78 Å². The molecule has 0 amide bonds. The van der Waals surface area contributed by atoms with Gasteiger partial charge in [0, 0.05) is 37.6 Å². The molecule has 2 N–H and O–H groups in total. The van der Waals surface area contributed by atoms with Gasteiger partial charge in [-0.05, 0) is 43.0 Å². The van der Waals surface area contributed by atoms with E-state index in [1.165, 1.54) is 0 Å². The molecule has 1 saturated carbocycles. The number of carboxylic acid groups (broad SMARTS) is 1. The van der Waals surface area contributed by atoms with Crippen molar-refractivity contribution in [1.82, 2.24) is 9.97 Å². The fourth-order valence-corrected chi connectivity index (χ4v) is 4.00. The van der Waals surface area contributed by atoms with Gasteiger partial charge < -0.3 is 15.3 Å². The third-order valence-corrected chi connectivity index (χ3v) is 5.31. The van der Waals surface area contributed by atoms with Crippen LogP contribution in [0.2, 0.25) is 0 Å². The number of carboxylic acids is 1. The number of ketones is 1. The van der Waals surface area contributed by atoms with Crippen molar-refractivity contribution in [2.75, 3.05) is 16.8 Å². The molecule has 0 saturated heterocycles. The summed E-state index contributed by atoms with van der Waals surface area (Å²) < 4.78 is 0. The zero-order chi connectivity index (χ0) is 19.5. The average Bonchev–Trinajstić information content (AvgIpc) is 3.11. The normalized spacial score (nSPS) is 21.2. The van der Waals surface area contributed by atoms with Crippen LogP contribution in [0.25, 0.3) is 0 Å². The van der Waals surface area contributed by atoms with Crippen molar-refractivity contribution in [1.29, 1.82) is 0 Å². The summed E-state index contributed by atoms with van der Waals surface area (Å²) in [7, 11) is 0. The minimum absolute atomic E-state index is 0.0122. The van der Waals surface area contributed by atoms with E-state index in [0.29, 0.717) is 18.8 Å². The zero-order valence-corrected chi connectivity index (χ0v) is 15.4. The Labute approximate surface area is 163 Å². The molecule has 0 radical (unpaired) electrons. The summed E-state index contributed by atoms with van der Waals surface area (Å²) in [4.78, 5) is 34.6. The molecule has 1 aliphatic heterocycles. The Balaban J connectivity index is 1.50. The van der Waals surface area contributed by atoms with Crippen molar-refractivity contribution in [3.8, 4) is 0 Å². The standard InChI is InChI=1S/C21H22N4O3/c26-17-6-1-5-16-20(17)15(21(27)28)13-25(16)19-8-2-7-18(24-19)23-11-9-14-4-3-10-22-12-14/h2-4,7-8,10,12-13,16,20H,1,5-6,9,11H2,(H,23,24)(H,27,28). The molecule has 2 atom stereocenters. The molecule has 0 spiro atoms. The van der Waals surface area contributed by atoms with Crippen LogP contribution < -0.4 is 10.2 Å². The lowest BCUT2D eigenvalue weighted by Crippen LogP contribution is -2.40. The third kappa shape index (κ3) is 3.60. The summed E-state index contributed by atoms with van der Waals surface area (Å²) in [5, 5.41) is 12.8. The van der Waals surface area contributed by atoms with Gasteiger partial charge in [-0.15, -0.1) is 0 Å². The van der Waals surface area contributed by atoms with Crippen molar-refractivity contribution < 1.29 is 14.7 Å². The Hall–Kier alpha value is -3.22. The van der Waals surface area contributed by atoms with Crippen molar-refractivity contribution in [2.24, 2.45) is 5.92 Å². The number of rotatable bonds is 6. The van der Waals surface area contributed by atoms with Gasteiger partial charge in [-0.2, -0.15) is 0 Å². The predicted molar refractivity (Wildman–Crippen MR) is 105 cm³/mol. The van der Waals surface area contributed by atoms with Crippen LogP contribution in [0.4, 0.5) is 11.6 Å². The maximum Gasteiger partial charge on any atom is 0.333 e. The first-order valence-electron chi connectivity index (χ1n) is 9.49. The van der Waals surface area contributed by atoms with E-state index < -0.39 is 11.9 Å². The van der Waals surface area contributed by atoms with Gasteiger partial charge in [-0.25, -0.2) is 9.78 Å². The predicted octanol–water partition coefficient (Wildman–Crippen LogP) is 2.66. The van der Waals surface area contributed by atoms with E-state index in [4.69, 9.17) is 0 Å². The molecule has 0 aromatic carbocycles. The first kappa shape index (κ1) is 18.2. The lowest BCUT2D eigenvalue weighted by Gasteiger charge is -2.32. The number of carbonyl (C=O) groups is 2. The molecule has 144 valence electrons. The van der Waals surface area contributed by atoms with Crippen molar-refractivity contribution in [2.45, 2.75) is 31.7 Å². The van der Waals surface area contributed by atoms with Crippen LogP contribution in [-0.2, 0) is 16.0 Å². The van der Waals surface area contributed by atoms with E-state index in [1.54, 1.807) is 12.4 Å². The fourth-order valence-electron chi connectivity index (χ4n) is 4.00. The van der Waals surface area contributed by atoms with E-state index in [-0.39, 0.29) is 17.4 Å². The number of pyridine rings is 2. The maximum absolute atomic E-state index is 12.3. The minimum atomic E-state index is -1.03. The Morgan fingerprint density at radius 3 is 2.96 bits per heavy atom. The Morgan fingerprint density at radius 2 is 2.18 bits per heavy atom. The van der Waals surface area contributed by atoms with Gasteiger partial charge in [-0.1, -0.05) is 12.1 Å². The number of nitrogens with one attached hydrogen (secondary N) is 1. The lowest BCUT2D eigenvalue weighted by molar-refractivity contribution is -0.135. The average molecular weight is 378 g/mol. The van der Waals surface area contributed by atoms with Gasteiger partial charge in [0.2, 0.25) is 0 Å². The molecule has 1 fully saturated rings. The monoisotopic (exact) mass is 378 g/mol. The van der Waals surface area contributed by atoms with Gasteiger partial charge >= 0.3 is 5.97 Å². The van der Waals surface area contributed by atoms with Gasteiger partial charge in [0.15, 0.2) is 0 Å². The summed E-state index contributed by atoms with van der Waals surface area (Å²) >= 11 is 0. The van der Waals surface area contributed by atoms with Crippen LogP contribution in [-0.4, -0.2) is 39.4 Å². The number of aromatic nitrogens is 2. The first-order valence-corrected chi connectivity index (χ1v) is 9.49. The SMILES string of the molecule is O=C(O)C1=CN(c2cccc(NCCc3cccnc3)n2)C2CCCC(=O)C12. The summed E-state index contributed by atoms with van der Waals surface area (Å²) in [6.07, 6.45) is 8.01. The molecule has 2 unspecified atom stereocenters. The second kappa shape index (κ2) is 7.80. The second-order valence-corrected chi connectivity index (χ2v) is 7.12. The largest absolute Gasteiger partial charge is 0.478 e. The van der Waals surface area contributed by atoms with E-state index in [2.05, 4.69) is 15.3 Å². The minimum Gasteiger partial charge on any atom is -0.478 e. The van der Waals surface area contributed by atoms with Crippen LogP contribution in [0.3, 0.4) is 0 Å². The highest BCUT2D eigenvalue weighted by atomic mass is 16.4. The number of anilines is 2. The smallest absolute Gasteiger partial charge is 0.333 e. The van der Waals surface area contributed by atoms with Gasteiger partial charge in [0.25, 0.3) is 0 Å². The number of carbonyl (C=O) groups excluding carboxylic acids is 1. The molecule has 2 aromatic heterocycles. The summed E-state index contributed by atoms with van der Waals surface area (Å²) in [6, 6.07) is 9.40. The molecular weight excluding hydrogens is 356 g/mol. The number of Topliss-reactive ketones (excluding diaryl/α,β-unsaturated/α-hetero) is 1. The molecule has 4 rings (SSSR count). The fraction of sp³-hybridized carbons (Fsp3) is 0.333. The highest BCUT2D eigenvalue weighted by Gasteiger charge is 2.45. The number of nitrogens with zero attached hydrogens (tertiary/aromatic N) is 3. The maximum atomic E-state index is 12.3. The molecule has 28 heavy (non-hydrogen) atoms. The van der Waals surface area contributed by atoms with Crippen molar-refractivity contribution in [3.63, 3.8) is 0 Å². The Kier molecular flexibility index (Phi) is 5.06. The van der Waals surface area contributed by atoms with Crippen LogP contribution in [0.5, 0.6) is 0 Å². The van der Waals surface area contributed by atoms with Crippen LogP contribution >= 0.6 is 0 Å². The molecular formula is C21H22N4O3. The number of hydrogen-bond donors (Lipinski definition) is 2. The number of aliphatic carboxylic acids is 1. The molecule has 7 nitrogen and oxygen atoms in total. The summed E-state index contributed by atoms with van der Waals surface area (Å²) in [5.74, 6) is -0.198. The first-order chi connectivity index (χ1) is 13.6. The van der Waals surface area contributed by atoms with E-state index in [9.17, 15) is 14.7 Å². The van der Waals surface area contributed by atoms with Gasteiger partial charge in [0.05, 0.1) is 11.5 Å². The quantitative estimate of drug-likeness (QED) is 0.798. The number of fused-ring (bicyclic) bond motifs is 1. The highest BCUT2D eigenvalue weighted by molar-refractivity contribution is 5.99. The molecule has 1 aliphatic carbocycles. The topological polar surface area (TPSA) is 95.4 Å². The Morgan fingerprint density at radius 1 is 1.29 bits per heavy atom. The highest BCUT2D eigenvalue weighted by Crippen LogP contribution is 2.39. The second-order valence-electron chi connectivity index (χ2n) is 7.12. The third-order valence-electron chi connectivity index (χ3n) is 5.31. The van der Waals surface area contributed by atoms with Gasteiger partial charge in [0.1, 0.15) is 17.4 Å². The number of hydrogen-bond acceptors (Lipinski definition) is 6.